The fraction of sp³-hybridized carbons (Fsp3) is 0.444. The van der Waals surface area contributed by atoms with Crippen molar-refractivity contribution in [3.63, 3.8) is 0 Å². The van der Waals surface area contributed by atoms with Gasteiger partial charge in [0.25, 0.3) is 0 Å². The third-order valence-corrected chi connectivity index (χ3v) is 11.0. The summed E-state index contributed by atoms with van der Waals surface area (Å²) in [6.45, 7) is 4.23. The SMILES string of the molecule is CN1CCN(c2cc(C(=O)O)nc3ccc(OCC4CC5(CC(/C=C/c6c(-c7c(Cl)cncc7Cl)noc6C6CC6)C5)C4)cc23)CC1. The van der Waals surface area contributed by atoms with Gasteiger partial charge >= 0.3 is 5.97 Å². The Morgan fingerprint density at radius 2 is 1.83 bits per heavy atom. The van der Waals surface area contributed by atoms with Gasteiger partial charge in [-0.2, -0.15) is 0 Å². The number of ether oxygens (including phenoxy) is 1. The summed E-state index contributed by atoms with van der Waals surface area (Å²) in [7, 11) is 2.11. The van der Waals surface area contributed by atoms with Crippen LogP contribution in [0, 0.1) is 17.3 Å². The third-order valence-electron chi connectivity index (χ3n) is 10.5. The first kappa shape index (κ1) is 30.7. The largest absolute Gasteiger partial charge is 0.493 e. The Morgan fingerprint density at radius 3 is 2.53 bits per heavy atom. The monoisotopic (exact) mass is 673 g/mol. The number of carboxylic acids is 1. The normalized spacial score (nSPS) is 24.5. The van der Waals surface area contributed by atoms with E-state index in [1.54, 1.807) is 18.5 Å². The van der Waals surface area contributed by atoms with E-state index in [1.165, 1.54) is 25.7 Å². The molecule has 0 amide bonds. The molecule has 4 heterocycles. The molecule has 3 aromatic heterocycles. The number of hydrogen-bond acceptors (Lipinski definition) is 8. The molecular weight excluding hydrogens is 637 g/mol. The van der Waals surface area contributed by atoms with Crippen LogP contribution in [0.4, 0.5) is 5.69 Å². The van der Waals surface area contributed by atoms with E-state index in [9.17, 15) is 9.90 Å². The van der Waals surface area contributed by atoms with Crippen molar-refractivity contribution in [3.8, 4) is 17.0 Å². The van der Waals surface area contributed by atoms with Gasteiger partial charge in [-0.05, 0) is 87.1 Å². The van der Waals surface area contributed by atoms with E-state index in [2.05, 4.69) is 44.1 Å². The standard InChI is InChI=1S/C36H37Cl2N5O4/c1-42-8-10-43(11-9-42)31-13-30(35(44)45)40-29-7-5-24(12-26(29)31)46-20-22-16-36(17-22)14-21(15-36)2-6-25-33(41-47-34(25)23-3-4-23)32-27(37)18-39-19-28(32)38/h2,5-7,12-13,18-19,21-23H,3-4,8-11,14-17,20H2,1H3,(H,44,45)/b6-2+. The van der Waals surface area contributed by atoms with Crippen LogP contribution in [0.15, 0.2) is 47.3 Å². The minimum atomic E-state index is -1.01. The van der Waals surface area contributed by atoms with Crippen LogP contribution in [0.5, 0.6) is 5.75 Å². The summed E-state index contributed by atoms with van der Waals surface area (Å²) in [6, 6.07) is 7.53. The first-order chi connectivity index (χ1) is 22.7. The number of aromatic carboxylic acids is 1. The maximum Gasteiger partial charge on any atom is 0.354 e. The quantitative estimate of drug-likeness (QED) is 0.190. The van der Waals surface area contributed by atoms with E-state index in [4.69, 9.17) is 32.5 Å². The zero-order valence-electron chi connectivity index (χ0n) is 26.3. The second-order valence-corrected chi connectivity index (χ2v) is 14.8. The summed E-state index contributed by atoms with van der Waals surface area (Å²) in [5.41, 5.74) is 4.43. The van der Waals surface area contributed by atoms with Crippen LogP contribution in [0.2, 0.25) is 10.0 Å². The van der Waals surface area contributed by atoms with Crippen LogP contribution in [-0.4, -0.2) is 70.9 Å². The van der Waals surface area contributed by atoms with E-state index >= 15 is 0 Å². The predicted octanol–water partition coefficient (Wildman–Crippen LogP) is 7.82. The van der Waals surface area contributed by atoms with Crippen LogP contribution in [-0.2, 0) is 0 Å². The van der Waals surface area contributed by atoms with Crippen LogP contribution in [0.25, 0.3) is 28.2 Å². The Labute approximate surface area is 283 Å². The molecule has 11 heteroatoms. The number of aromatic nitrogens is 3. The van der Waals surface area contributed by atoms with E-state index in [-0.39, 0.29) is 5.69 Å². The van der Waals surface area contributed by atoms with Crippen molar-refractivity contribution in [2.24, 2.45) is 17.3 Å². The number of hydrogen-bond donors (Lipinski definition) is 1. The molecule has 0 atom stereocenters. The van der Waals surface area contributed by atoms with Crippen LogP contribution >= 0.6 is 23.2 Å². The number of likely N-dealkylation sites (N-methyl/N-ethyl adjacent to an activating group) is 1. The van der Waals surface area contributed by atoms with E-state index < -0.39 is 5.97 Å². The number of anilines is 1. The molecule has 3 saturated carbocycles. The van der Waals surface area contributed by atoms with Gasteiger partial charge in [-0.25, -0.2) is 9.78 Å². The number of fused-ring (bicyclic) bond motifs is 1. The highest BCUT2D eigenvalue weighted by Gasteiger charge is 2.52. The van der Waals surface area contributed by atoms with Crippen LogP contribution in [0.1, 0.15) is 66.3 Å². The maximum absolute atomic E-state index is 11.8. The summed E-state index contributed by atoms with van der Waals surface area (Å²) in [4.78, 5) is 24.8. The fourth-order valence-electron chi connectivity index (χ4n) is 7.88. The lowest BCUT2D eigenvalue weighted by Gasteiger charge is -2.57. The number of halogens is 2. The minimum Gasteiger partial charge on any atom is -0.493 e. The van der Waals surface area contributed by atoms with Crippen molar-refractivity contribution < 1.29 is 19.2 Å². The minimum absolute atomic E-state index is 0.0706. The molecule has 4 fully saturated rings. The smallest absolute Gasteiger partial charge is 0.354 e. The average Bonchev–Trinajstić information content (AvgIpc) is 3.79. The lowest BCUT2D eigenvalue weighted by atomic mass is 9.48. The van der Waals surface area contributed by atoms with Crippen molar-refractivity contribution in [3.05, 3.63) is 69.8 Å². The number of carbonyl (C=O) groups is 1. The van der Waals surface area contributed by atoms with Crippen molar-refractivity contribution in [1.82, 2.24) is 20.0 Å². The van der Waals surface area contributed by atoms with Gasteiger partial charge < -0.3 is 24.2 Å². The van der Waals surface area contributed by atoms with Gasteiger partial charge in [-0.3, -0.25) is 4.98 Å². The molecule has 1 aliphatic heterocycles. The van der Waals surface area contributed by atoms with Gasteiger partial charge in [-0.1, -0.05) is 40.5 Å². The summed E-state index contributed by atoms with van der Waals surface area (Å²) < 4.78 is 12.1. The predicted molar refractivity (Wildman–Crippen MR) is 183 cm³/mol. The number of rotatable bonds is 9. The lowest BCUT2D eigenvalue weighted by Crippen LogP contribution is -2.48. The zero-order valence-corrected chi connectivity index (χ0v) is 27.8. The first-order valence-corrected chi connectivity index (χ1v) is 17.2. The average molecular weight is 675 g/mol. The Balaban J connectivity index is 0.899. The maximum atomic E-state index is 11.8. The van der Waals surface area contributed by atoms with Gasteiger partial charge in [0.05, 0.1) is 22.2 Å². The van der Waals surface area contributed by atoms with Crippen molar-refractivity contribution in [2.45, 2.75) is 44.4 Å². The summed E-state index contributed by atoms with van der Waals surface area (Å²) in [5.74, 6) is 2.18. The number of nitrogens with zero attached hydrogens (tertiary/aromatic N) is 5. The van der Waals surface area contributed by atoms with Crippen molar-refractivity contribution in [1.29, 1.82) is 0 Å². The summed E-state index contributed by atoms with van der Waals surface area (Å²) in [6.07, 6.45) is 14.6. The van der Waals surface area contributed by atoms with Gasteiger partial charge in [0.1, 0.15) is 17.2 Å². The lowest BCUT2D eigenvalue weighted by molar-refractivity contribution is -0.0657. The molecule has 1 spiro atoms. The van der Waals surface area contributed by atoms with Crippen LogP contribution < -0.4 is 9.64 Å². The number of piperazine rings is 1. The number of benzene rings is 1. The first-order valence-electron chi connectivity index (χ1n) is 16.5. The molecule has 0 radical (unpaired) electrons. The van der Waals surface area contributed by atoms with Crippen molar-refractivity contribution >= 4 is 51.8 Å². The molecule has 9 nitrogen and oxygen atoms in total. The van der Waals surface area contributed by atoms with Crippen molar-refractivity contribution in [2.75, 3.05) is 44.7 Å². The molecule has 244 valence electrons. The Hall–Kier alpha value is -3.66. The molecule has 0 bridgehead atoms. The number of allylic oxidation sites excluding steroid dienone is 1. The second kappa shape index (κ2) is 12.1. The van der Waals surface area contributed by atoms with E-state index in [0.29, 0.717) is 56.6 Å². The van der Waals surface area contributed by atoms with E-state index in [0.717, 1.165) is 67.2 Å². The zero-order chi connectivity index (χ0) is 32.3. The Kier molecular flexibility index (Phi) is 7.89. The molecule has 1 N–H and O–H groups in total. The number of carboxylic acid groups (broad SMARTS) is 1. The van der Waals surface area contributed by atoms with Gasteiger partial charge in [0.15, 0.2) is 5.69 Å². The number of pyridine rings is 2. The molecule has 1 saturated heterocycles. The molecule has 3 aliphatic carbocycles. The molecule has 4 aromatic rings. The molecule has 4 aliphatic rings. The second-order valence-electron chi connectivity index (χ2n) is 14.0. The Bertz CT molecular complexity index is 1850. The summed E-state index contributed by atoms with van der Waals surface area (Å²) in [5, 5.41) is 15.9. The molecule has 8 rings (SSSR count). The topological polar surface area (TPSA) is 105 Å². The summed E-state index contributed by atoms with van der Waals surface area (Å²) >= 11 is 13.0. The third kappa shape index (κ3) is 5.98. The Morgan fingerprint density at radius 1 is 1.09 bits per heavy atom. The highest BCUT2D eigenvalue weighted by atomic mass is 35.5. The van der Waals surface area contributed by atoms with Gasteiger partial charge in [0, 0.05) is 66.7 Å². The molecule has 0 unspecified atom stereocenters. The highest BCUT2D eigenvalue weighted by Crippen LogP contribution is 2.61. The van der Waals surface area contributed by atoms with Gasteiger partial charge in [-0.15, -0.1) is 0 Å². The van der Waals surface area contributed by atoms with E-state index in [1.807, 2.05) is 18.2 Å². The fourth-order valence-corrected chi connectivity index (χ4v) is 8.42. The highest BCUT2D eigenvalue weighted by molar-refractivity contribution is 6.39. The van der Waals surface area contributed by atoms with Gasteiger partial charge in [0.2, 0.25) is 0 Å². The molecule has 47 heavy (non-hydrogen) atoms. The van der Waals surface area contributed by atoms with Crippen LogP contribution in [0.3, 0.4) is 0 Å². The molecular formula is C36H37Cl2N5O4. The molecule has 1 aromatic carbocycles.